The van der Waals surface area contributed by atoms with Crippen LogP contribution in [0, 0.1) is 0 Å². The fourth-order valence-corrected chi connectivity index (χ4v) is 2.87. The van der Waals surface area contributed by atoms with Crippen molar-refractivity contribution in [1.29, 1.82) is 0 Å². The van der Waals surface area contributed by atoms with Gasteiger partial charge in [0.1, 0.15) is 18.3 Å². The summed E-state index contributed by atoms with van der Waals surface area (Å²) >= 11 is 3.11. The summed E-state index contributed by atoms with van der Waals surface area (Å²) in [5, 5.41) is 28.9. The molecule has 1 aliphatic heterocycles. The van der Waals surface area contributed by atoms with Gasteiger partial charge in [0.15, 0.2) is 22.1 Å². The zero-order chi connectivity index (χ0) is 15.3. The lowest BCUT2D eigenvalue weighted by Gasteiger charge is -2.17. The van der Waals surface area contributed by atoms with Crippen LogP contribution in [0.25, 0.3) is 11.2 Å². The molecule has 2 aromatic rings. The van der Waals surface area contributed by atoms with E-state index in [2.05, 4.69) is 25.9 Å². The number of nitrogens with zero attached hydrogens (tertiary/aromatic N) is 2. The van der Waals surface area contributed by atoms with Gasteiger partial charge in [-0.2, -0.15) is 0 Å². The van der Waals surface area contributed by atoms with Crippen LogP contribution >= 0.6 is 15.9 Å². The van der Waals surface area contributed by atoms with Crippen molar-refractivity contribution in [2.45, 2.75) is 24.5 Å². The first-order valence-electron chi connectivity index (χ1n) is 5.96. The van der Waals surface area contributed by atoms with Gasteiger partial charge in [-0.05, 0) is 15.9 Å². The number of imidazole rings is 1. The molecule has 0 radical (unpaired) electrons. The first-order chi connectivity index (χ1) is 9.93. The predicted molar refractivity (Wildman–Crippen MR) is 71.7 cm³/mol. The molecule has 1 aliphatic rings. The van der Waals surface area contributed by atoms with E-state index in [4.69, 9.17) is 9.84 Å². The molecular formula is C10H11BrN4O6. The van der Waals surface area contributed by atoms with E-state index in [1.54, 1.807) is 0 Å². The number of hydrogen-bond donors (Lipinski definition) is 5. The van der Waals surface area contributed by atoms with Crippen molar-refractivity contribution in [1.82, 2.24) is 19.5 Å². The zero-order valence-corrected chi connectivity index (χ0v) is 11.9. The number of ether oxygens (including phenoxy) is 1. The first-order valence-corrected chi connectivity index (χ1v) is 6.76. The van der Waals surface area contributed by atoms with E-state index in [-0.39, 0.29) is 15.9 Å². The van der Waals surface area contributed by atoms with Crippen LogP contribution in [0.4, 0.5) is 0 Å². The molecule has 114 valence electrons. The van der Waals surface area contributed by atoms with Crippen molar-refractivity contribution in [3.63, 3.8) is 0 Å². The molecule has 0 spiro atoms. The van der Waals surface area contributed by atoms with Crippen molar-refractivity contribution >= 4 is 27.1 Å². The quantitative estimate of drug-likeness (QED) is 0.379. The van der Waals surface area contributed by atoms with E-state index < -0.39 is 42.4 Å². The summed E-state index contributed by atoms with van der Waals surface area (Å²) in [7, 11) is 0. The highest BCUT2D eigenvalue weighted by atomic mass is 79.9. The predicted octanol–water partition coefficient (Wildman–Crippen LogP) is -2.21. The smallest absolute Gasteiger partial charge is 0.327 e. The van der Waals surface area contributed by atoms with Crippen molar-refractivity contribution in [2.24, 2.45) is 0 Å². The van der Waals surface area contributed by atoms with Crippen molar-refractivity contribution in [3.8, 4) is 0 Å². The Balaban J connectivity index is 2.19. The summed E-state index contributed by atoms with van der Waals surface area (Å²) in [5.74, 6) is 0. The lowest BCUT2D eigenvalue weighted by Crippen LogP contribution is -2.33. The Morgan fingerprint density at radius 1 is 1.29 bits per heavy atom. The van der Waals surface area contributed by atoms with Crippen LogP contribution in [-0.4, -0.2) is 59.8 Å². The Hall–Kier alpha value is -1.53. The Morgan fingerprint density at radius 2 is 2.00 bits per heavy atom. The summed E-state index contributed by atoms with van der Waals surface area (Å²) in [6.45, 7) is -0.490. The van der Waals surface area contributed by atoms with Gasteiger partial charge in [-0.3, -0.25) is 19.3 Å². The number of rotatable bonds is 2. The number of fused-ring (bicyclic) bond motifs is 1. The van der Waals surface area contributed by atoms with E-state index >= 15 is 0 Å². The van der Waals surface area contributed by atoms with Crippen LogP contribution in [0.1, 0.15) is 6.23 Å². The standard InChI is InChI=1S/C10H11BrN4O6/c11-9-12-3-6(13-10(20)14-7(3)19)15(9)8-5(18)4(17)2(1-16)21-8/h2,4-5,8,16-18H,1H2,(H2,13,14,19,20)/t2-,4-,5-,8-/m1/s1. The number of aromatic amines is 2. The maximum atomic E-state index is 11.7. The molecule has 3 heterocycles. The fraction of sp³-hybridized carbons (Fsp3) is 0.500. The van der Waals surface area contributed by atoms with Gasteiger partial charge in [0.25, 0.3) is 5.56 Å². The number of aromatic nitrogens is 4. The maximum absolute atomic E-state index is 11.7. The first kappa shape index (κ1) is 14.4. The fourth-order valence-electron chi connectivity index (χ4n) is 2.31. The number of H-pyrrole nitrogens is 2. The molecule has 3 rings (SSSR count). The van der Waals surface area contributed by atoms with Crippen molar-refractivity contribution < 1.29 is 20.1 Å². The van der Waals surface area contributed by atoms with E-state index in [9.17, 15) is 19.8 Å². The monoisotopic (exact) mass is 362 g/mol. The minimum atomic E-state index is -1.36. The zero-order valence-electron chi connectivity index (χ0n) is 10.4. The third-order valence-corrected chi connectivity index (χ3v) is 3.87. The average molecular weight is 363 g/mol. The molecule has 0 bridgehead atoms. The van der Waals surface area contributed by atoms with Crippen molar-refractivity contribution in [2.75, 3.05) is 6.61 Å². The van der Waals surface area contributed by atoms with Gasteiger partial charge in [0.05, 0.1) is 6.61 Å². The summed E-state index contributed by atoms with van der Waals surface area (Å²) in [6, 6.07) is 0. The Bertz CT molecular complexity index is 797. The Labute approximate surface area is 124 Å². The van der Waals surface area contributed by atoms with E-state index in [1.165, 1.54) is 4.57 Å². The van der Waals surface area contributed by atoms with Gasteiger partial charge >= 0.3 is 5.69 Å². The highest BCUT2D eigenvalue weighted by molar-refractivity contribution is 9.10. The van der Waals surface area contributed by atoms with Crippen LogP contribution in [0.5, 0.6) is 0 Å². The normalized spacial score (nSPS) is 29.3. The second-order valence-corrected chi connectivity index (χ2v) is 5.29. The molecule has 0 unspecified atom stereocenters. The van der Waals surface area contributed by atoms with Gasteiger partial charge in [-0.25, -0.2) is 9.78 Å². The number of nitrogens with one attached hydrogen (secondary N) is 2. The van der Waals surface area contributed by atoms with E-state index in [1.807, 2.05) is 4.98 Å². The average Bonchev–Trinajstić information content (AvgIpc) is 2.89. The van der Waals surface area contributed by atoms with Gasteiger partial charge in [-0.15, -0.1) is 0 Å². The molecular weight excluding hydrogens is 352 g/mol. The van der Waals surface area contributed by atoms with Gasteiger partial charge < -0.3 is 20.1 Å². The highest BCUT2D eigenvalue weighted by Crippen LogP contribution is 2.33. The molecule has 0 amide bonds. The number of hydrogen-bond acceptors (Lipinski definition) is 7. The summed E-state index contributed by atoms with van der Waals surface area (Å²) in [5.41, 5.74) is -1.46. The largest absolute Gasteiger partial charge is 0.394 e. The Morgan fingerprint density at radius 3 is 2.62 bits per heavy atom. The molecule has 2 aromatic heterocycles. The third-order valence-electron chi connectivity index (χ3n) is 3.31. The molecule has 0 aromatic carbocycles. The number of aliphatic hydroxyl groups is 3. The number of halogens is 1. The van der Waals surface area contributed by atoms with Gasteiger partial charge in [0, 0.05) is 0 Å². The molecule has 1 fully saturated rings. The summed E-state index contributed by atoms with van der Waals surface area (Å²) < 4.78 is 6.71. The summed E-state index contributed by atoms with van der Waals surface area (Å²) in [6.07, 6.45) is -4.77. The van der Waals surface area contributed by atoms with Crippen molar-refractivity contribution in [3.05, 3.63) is 25.6 Å². The van der Waals surface area contributed by atoms with Gasteiger partial charge in [0.2, 0.25) is 0 Å². The maximum Gasteiger partial charge on any atom is 0.327 e. The SMILES string of the molecule is O=c1[nH]c(=O)c2nc(Br)n([C@@H]3O[C@H](CO)[C@@H](O)[C@H]3O)c2[nH]1. The topological polar surface area (TPSA) is 153 Å². The van der Waals surface area contributed by atoms with Crippen LogP contribution in [-0.2, 0) is 4.74 Å². The molecule has 0 saturated carbocycles. The third kappa shape index (κ3) is 2.13. The van der Waals surface area contributed by atoms with E-state index in [0.29, 0.717) is 0 Å². The molecule has 0 aliphatic carbocycles. The van der Waals surface area contributed by atoms with Crippen LogP contribution in [0.3, 0.4) is 0 Å². The molecule has 5 N–H and O–H groups in total. The second kappa shape index (κ2) is 5.03. The van der Waals surface area contributed by atoms with Crippen LogP contribution < -0.4 is 11.2 Å². The minimum Gasteiger partial charge on any atom is -0.394 e. The highest BCUT2D eigenvalue weighted by Gasteiger charge is 2.44. The molecule has 21 heavy (non-hydrogen) atoms. The lowest BCUT2D eigenvalue weighted by atomic mass is 10.1. The molecule has 1 saturated heterocycles. The number of aliphatic hydroxyl groups excluding tert-OH is 3. The second-order valence-electron chi connectivity index (χ2n) is 4.59. The van der Waals surface area contributed by atoms with Crippen LogP contribution in [0.2, 0.25) is 0 Å². The molecule has 10 nitrogen and oxygen atoms in total. The van der Waals surface area contributed by atoms with Gasteiger partial charge in [-0.1, -0.05) is 0 Å². The minimum absolute atomic E-state index is 0.0328. The molecule has 11 heteroatoms. The molecule has 4 atom stereocenters. The lowest BCUT2D eigenvalue weighted by molar-refractivity contribution is -0.0521. The summed E-state index contributed by atoms with van der Waals surface area (Å²) in [4.78, 5) is 31.4. The van der Waals surface area contributed by atoms with Crippen LogP contribution in [0.15, 0.2) is 14.3 Å². The van der Waals surface area contributed by atoms with E-state index in [0.717, 1.165) is 0 Å². The Kier molecular flexibility index (Phi) is 3.45.